The van der Waals surface area contributed by atoms with Crippen LogP contribution in [0.4, 0.5) is 5.69 Å². The molecule has 0 aromatic heterocycles. The van der Waals surface area contributed by atoms with Crippen molar-refractivity contribution in [2.45, 2.75) is 17.7 Å². The van der Waals surface area contributed by atoms with E-state index in [0.29, 0.717) is 30.3 Å². The lowest BCUT2D eigenvalue weighted by molar-refractivity contribution is 0.0789. The minimum absolute atomic E-state index is 0.0503. The molecule has 0 saturated carbocycles. The summed E-state index contributed by atoms with van der Waals surface area (Å²) in [6.07, 6.45) is 1.87. The number of likely N-dealkylation sites (tertiary alicyclic amines) is 1. The summed E-state index contributed by atoms with van der Waals surface area (Å²) in [5, 5.41) is 0. The van der Waals surface area contributed by atoms with Gasteiger partial charge >= 0.3 is 0 Å². The van der Waals surface area contributed by atoms with Crippen LogP contribution in [0.1, 0.15) is 23.2 Å². The predicted octanol–water partition coefficient (Wildman–Crippen LogP) is 2.75. The highest BCUT2D eigenvalue weighted by Crippen LogP contribution is 2.32. The zero-order valence-corrected chi connectivity index (χ0v) is 17.4. The van der Waals surface area contributed by atoms with Gasteiger partial charge in [0.05, 0.1) is 37.5 Å². The fraction of sp³-hybridized carbons (Fsp3) is 0.350. The Morgan fingerprint density at radius 1 is 0.931 bits per heavy atom. The molecule has 156 valence electrons. The minimum atomic E-state index is -3.99. The summed E-state index contributed by atoms with van der Waals surface area (Å²) >= 11 is 0. The first kappa shape index (κ1) is 20.8. The molecule has 0 atom stereocenters. The van der Waals surface area contributed by atoms with E-state index in [0.717, 1.165) is 12.8 Å². The van der Waals surface area contributed by atoms with Gasteiger partial charge in [-0.1, -0.05) is 0 Å². The van der Waals surface area contributed by atoms with Crippen LogP contribution in [0, 0.1) is 0 Å². The number of benzene rings is 2. The third-order valence-electron chi connectivity index (χ3n) is 4.76. The van der Waals surface area contributed by atoms with Crippen LogP contribution in [0.15, 0.2) is 41.3 Å². The topological polar surface area (TPSA) is 94.2 Å². The van der Waals surface area contributed by atoms with Crippen LogP contribution >= 0.6 is 0 Å². The number of anilines is 1. The number of carbonyl (C=O) groups excluding carboxylic acids is 1. The van der Waals surface area contributed by atoms with E-state index >= 15 is 0 Å². The highest BCUT2D eigenvalue weighted by atomic mass is 32.2. The van der Waals surface area contributed by atoms with E-state index in [-0.39, 0.29) is 22.1 Å². The van der Waals surface area contributed by atoms with Crippen molar-refractivity contribution < 1.29 is 27.4 Å². The van der Waals surface area contributed by atoms with Crippen LogP contribution in [-0.4, -0.2) is 53.6 Å². The molecular formula is C20H24N2O6S. The van der Waals surface area contributed by atoms with Gasteiger partial charge in [-0.15, -0.1) is 0 Å². The highest BCUT2D eigenvalue weighted by Gasteiger charge is 2.25. The molecule has 1 N–H and O–H groups in total. The molecule has 9 heteroatoms. The van der Waals surface area contributed by atoms with E-state index in [2.05, 4.69) is 4.72 Å². The molecule has 0 radical (unpaired) electrons. The van der Waals surface area contributed by atoms with Crippen molar-refractivity contribution in [3.8, 4) is 17.2 Å². The summed E-state index contributed by atoms with van der Waals surface area (Å²) in [7, 11) is 0.391. The largest absolute Gasteiger partial charge is 0.497 e. The Morgan fingerprint density at radius 2 is 1.59 bits per heavy atom. The van der Waals surface area contributed by atoms with Crippen LogP contribution < -0.4 is 18.9 Å². The second kappa shape index (κ2) is 8.60. The molecule has 8 nitrogen and oxygen atoms in total. The van der Waals surface area contributed by atoms with E-state index in [9.17, 15) is 13.2 Å². The maximum absolute atomic E-state index is 13.0. The van der Waals surface area contributed by atoms with Gasteiger partial charge in [-0.25, -0.2) is 8.42 Å². The summed E-state index contributed by atoms with van der Waals surface area (Å²) in [4.78, 5) is 14.5. The van der Waals surface area contributed by atoms with Crippen molar-refractivity contribution in [1.29, 1.82) is 0 Å². The molecule has 0 unspecified atom stereocenters. The highest BCUT2D eigenvalue weighted by molar-refractivity contribution is 7.92. The predicted molar refractivity (Wildman–Crippen MR) is 108 cm³/mol. The maximum atomic E-state index is 13.0. The van der Waals surface area contributed by atoms with Gasteiger partial charge in [-0.2, -0.15) is 0 Å². The molecule has 1 amide bonds. The summed E-state index contributed by atoms with van der Waals surface area (Å²) in [6.45, 7) is 1.30. The molecule has 0 bridgehead atoms. The second-order valence-corrected chi connectivity index (χ2v) is 8.22. The SMILES string of the molecule is COc1ccc(OC)c(NS(=O)(=O)c2ccc(OC)c(C(=O)N3CCCC3)c2)c1. The molecule has 2 aromatic carbocycles. The molecule has 2 aromatic rings. The first-order valence-corrected chi connectivity index (χ1v) is 10.6. The number of amides is 1. The number of hydrogen-bond donors (Lipinski definition) is 1. The fourth-order valence-electron chi connectivity index (χ4n) is 3.21. The van der Waals surface area contributed by atoms with E-state index in [1.165, 1.54) is 45.6 Å². The van der Waals surface area contributed by atoms with Gasteiger partial charge in [0, 0.05) is 19.2 Å². The normalized spacial score (nSPS) is 13.8. The zero-order chi connectivity index (χ0) is 21.0. The molecule has 1 heterocycles. The van der Waals surface area contributed by atoms with E-state index in [1.54, 1.807) is 17.0 Å². The number of nitrogens with zero attached hydrogens (tertiary/aromatic N) is 1. The van der Waals surface area contributed by atoms with Gasteiger partial charge in [-0.05, 0) is 43.2 Å². The van der Waals surface area contributed by atoms with Crippen LogP contribution in [0.2, 0.25) is 0 Å². The van der Waals surface area contributed by atoms with Gasteiger partial charge < -0.3 is 19.1 Å². The number of carbonyl (C=O) groups is 1. The van der Waals surface area contributed by atoms with Crippen molar-refractivity contribution >= 4 is 21.6 Å². The Labute approximate surface area is 170 Å². The van der Waals surface area contributed by atoms with Crippen molar-refractivity contribution in [2.24, 2.45) is 0 Å². The monoisotopic (exact) mass is 420 g/mol. The Kier molecular flexibility index (Phi) is 6.17. The second-order valence-electron chi connectivity index (χ2n) is 6.53. The smallest absolute Gasteiger partial charge is 0.262 e. The van der Waals surface area contributed by atoms with Gasteiger partial charge in [0.1, 0.15) is 17.2 Å². The van der Waals surface area contributed by atoms with Gasteiger partial charge in [0.15, 0.2) is 0 Å². The van der Waals surface area contributed by atoms with Crippen LogP contribution in [0.25, 0.3) is 0 Å². The average molecular weight is 420 g/mol. The average Bonchev–Trinajstić information content (AvgIpc) is 3.27. The maximum Gasteiger partial charge on any atom is 0.262 e. The van der Waals surface area contributed by atoms with Crippen LogP contribution in [-0.2, 0) is 10.0 Å². The van der Waals surface area contributed by atoms with Crippen molar-refractivity contribution in [2.75, 3.05) is 39.1 Å². The van der Waals surface area contributed by atoms with Crippen molar-refractivity contribution in [3.05, 3.63) is 42.0 Å². The summed E-state index contributed by atoms with van der Waals surface area (Å²) in [5.41, 5.74) is 0.449. The van der Waals surface area contributed by atoms with Crippen LogP contribution in [0.5, 0.6) is 17.2 Å². The Balaban J connectivity index is 1.97. The summed E-state index contributed by atoms with van der Waals surface area (Å²) < 4.78 is 44.2. The van der Waals surface area contributed by atoms with Gasteiger partial charge in [-0.3, -0.25) is 9.52 Å². The van der Waals surface area contributed by atoms with Gasteiger partial charge in [0.2, 0.25) is 0 Å². The molecule has 3 rings (SSSR count). The lowest BCUT2D eigenvalue weighted by Crippen LogP contribution is -2.28. The molecule has 29 heavy (non-hydrogen) atoms. The number of rotatable bonds is 7. The summed E-state index contributed by atoms with van der Waals surface area (Å²) in [6, 6.07) is 9.02. The first-order chi connectivity index (χ1) is 13.9. The van der Waals surface area contributed by atoms with Crippen molar-refractivity contribution in [1.82, 2.24) is 4.90 Å². The molecule has 1 fully saturated rings. The third-order valence-corrected chi connectivity index (χ3v) is 6.12. The number of ether oxygens (including phenoxy) is 3. The molecule has 0 spiro atoms. The van der Waals surface area contributed by atoms with Gasteiger partial charge in [0.25, 0.3) is 15.9 Å². The Morgan fingerprint density at radius 3 is 2.21 bits per heavy atom. The first-order valence-electron chi connectivity index (χ1n) is 9.11. The standard InChI is InChI=1S/C20H24N2O6S/c1-26-14-6-8-19(28-3)17(12-14)21-29(24,25)15-7-9-18(27-2)16(13-15)20(23)22-10-4-5-11-22/h6-9,12-13,21H,4-5,10-11H2,1-3H3. The molecular weight excluding hydrogens is 396 g/mol. The van der Waals surface area contributed by atoms with E-state index < -0.39 is 10.0 Å². The lowest BCUT2D eigenvalue weighted by atomic mass is 10.1. The fourth-order valence-corrected chi connectivity index (χ4v) is 4.30. The molecule has 1 saturated heterocycles. The molecule has 0 aliphatic carbocycles. The lowest BCUT2D eigenvalue weighted by Gasteiger charge is -2.18. The Hall–Kier alpha value is -2.94. The summed E-state index contributed by atoms with van der Waals surface area (Å²) in [5.74, 6) is 0.912. The zero-order valence-electron chi connectivity index (χ0n) is 16.6. The molecule has 1 aliphatic heterocycles. The number of hydrogen-bond acceptors (Lipinski definition) is 6. The molecule has 1 aliphatic rings. The van der Waals surface area contributed by atoms with Crippen molar-refractivity contribution in [3.63, 3.8) is 0 Å². The third kappa shape index (κ3) is 4.40. The number of sulfonamides is 1. The Bertz CT molecular complexity index is 1000. The quantitative estimate of drug-likeness (QED) is 0.740. The van der Waals surface area contributed by atoms with Crippen LogP contribution in [0.3, 0.4) is 0 Å². The van der Waals surface area contributed by atoms with E-state index in [4.69, 9.17) is 14.2 Å². The van der Waals surface area contributed by atoms with E-state index in [1.807, 2.05) is 0 Å². The number of methoxy groups -OCH3 is 3. The number of nitrogens with one attached hydrogen (secondary N) is 1. The minimum Gasteiger partial charge on any atom is -0.497 e.